The van der Waals surface area contributed by atoms with E-state index in [4.69, 9.17) is 15.0 Å². The molecule has 0 spiro atoms. The monoisotopic (exact) mass is 426 g/mol. The van der Waals surface area contributed by atoms with Crippen LogP contribution >= 0.6 is 0 Å². The number of benzene rings is 1. The lowest BCUT2D eigenvalue weighted by Crippen LogP contribution is -2.29. The summed E-state index contributed by atoms with van der Waals surface area (Å²) < 4.78 is 0. The number of rotatable bonds is 0. The topological polar surface area (TPSA) is 73.1 Å². The van der Waals surface area contributed by atoms with Crippen LogP contribution in [0.4, 0.5) is 0 Å². The maximum atomic E-state index is 11.0. The normalized spacial score (nSPS) is 19.5. The van der Waals surface area contributed by atoms with Gasteiger partial charge in [0.2, 0.25) is 0 Å². The molecule has 8 bridgehead atoms. The zero-order valence-electron chi connectivity index (χ0n) is 17.6. The zero-order chi connectivity index (χ0) is 21.9. The minimum Gasteiger partial charge on any atom is -0.511 e. The van der Waals surface area contributed by atoms with E-state index >= 15 is 0 Å². The summed E-state index contributed by atoms with van der Waals surface area (Å²) in [6.07, 6.45) is 18.4. The molecule has 5 aliphatic rings. The van der Waals surface area contributed by atoms with Crippen LogP contribution in [0.25, 0.3) is 17.4 Å². The van der Waals surface area contributed by atoms with Crippen LogP contribution in [0.3, 0.4) is 0 Å². The fourth-order valence-electron chi connectivity index (χ4n) is 4.74. The van der Waals surface area contributed by atoms with Gasteiger partial charge in [-0.2, -0.15) is 0 Å². The molecule has 0 saturated heterocycles. The second-order valence-corrected chi connectivity index (χ2v) is 8.45. The van der Waals surface area contributed by atoms with E-state index < -0.39 is 0 Å². The van der Waals surface area contributed by atoms with Crippen LogP contribution < -0.4 is 10.6 Å². The number of aliphatic hydroxyl groups is 1. The first kappa shape index (κ1) is 18.1. The van der Waals surface area contributed by atoms with E-state index in [0.29, 0.717) is 12.2 Å². The Kier molecular flexibility index (Phi) is 3.70. The Morgan fingerprint density at radius 2 is 1.45 bits per heavy atom. The molecular weight excluding hydrogens is 408 g/mol. The minimum absolute atomic E-state index is 0.345. The molecule has 0 atom stereocenters. The van der Waals surface area contributed by atoms with Gasteiger partial charge in [0, 0.05) is 22.9 Å². The van der Waals surface area contributed by atoms with Crippen molar-refractivity contribution in [3.63, 3.8) is 0 Å². The largest absolute Gasteiger partial charge is 0.511 e. The van der Waals surface area contributed by atoms with Crippen LogP contribution in [-0.2, 0) is 6.42 Å². The summed E-state index contributed by atoms with van der Waals surface area (Å²) in [5.74, 6) is 0.345. The van der Waals surface area contributed by atoms with Crippen LogP contribution in [0.1, 0.15) is 16.8 Å². The summed E-state index contributed by atoms with van der Waals surface area (Å²) in [5.41, 5.74) is 9.13. The smallest absolute Gasteiger partial charge is 0.106 e. The van der Waals surface area contributed by atoms with Gasteiger partial charge >= 0.3 is 0 Å². The molecule has 7 rings (SSSR count). The number of aromatic nitrogens is 1. The number of aromatic amines is 1. The second-order valence-electron chi connectivity index (χ2n) is 8.45. The average Bonchev–Trinajstić information content (AvgIpc) is 3.59. The van der Waals surface area contributed by atoms with Gasteiger partial charge in [-0.15, -0.1) is 0 Å². The molecule has 4 aliphatic heterocycles. The van der Waals surface area contributed by atoms with Gasteiger partial charge in [-0.05, 0) is 71.9 Å². The lowest BCUT2D eigenvalue weighted by atomic mass is 9.95. The Hall–Kier alpha value is -4.51. The molecule has 0 amide bonds. The van der Waals surface area contributed by atoms with Crippen molar-refractivity contribution >= 4 is 34.5 Å². The third-order valence-corrected chi connectivity index (χ3v) is 6.22. The van der Waals surface area contributed by atoms with Gasteiger partial charge in [-0.1, -0.05) is 24.3 Å². The van der Waals surface area contributed by atoms with Gasteiger partial charge in [-0.3, -0.25) is 0 Å². The molecule has 156 valence electrons. The minimum atomic E-state index is 0.345. The third kappa shape index (κ3) is 2.97. The number of hydrogen-bond donors (Lipinski definition) is 2. The lowest BCUT2D eigenvalue weighted by molar-refractivity contribution is 0.486. The molecule has 0 unspecified atom stereocenters. The Morgan fingerprint density at radius 3 is 2.27 bits per heavy atom. The van der Waals surface area contributed by atoms with E-state index in [-0.39, 0.29) is 0 Å². The summed E-state index contributed by atoms with van der Waals surface area (Å²) in [4.78, 5) is 17.9. The van der Waals surface area contributed by atoms with Crippen molar-refractivity contribution in [3.8, 4) is 0 Å². The van der Waals surface area contributed by atoms with Crippen molar-refractivity contribution in [1.82, 2.24) is 4.98 Å². The van der Waals surface area contributed by atoms with E-state index in [1.807, 2.05) is 72.9 Å². The predicted molar refractivity (Wildman–Crippen MR) is 133 cm³/mol. The van der Waals surface area contributed by atoms with E-state index in [2.05, 4.69) is 17.1 Å². The maximum absolute atomic E-state index is 11.0. The number of aliphatic imine (C=N–C) groups is 3. The van der Waals surface area contributed by atoms with E-state index in [9.17, 15) is 5.11 Å². The Labute approximate surface area is 189 Å². The summed E-state index contributed by atoms with van der Waals surface area (Å²) in [6.45, 7) is 0. The van der Waals surface area contributed by atoms with Crippen LogP contribution in [0, 0.1) is 0 Å². The quantitative estimate of drug-likeness (QED) is 0.664. The Morgan fingerprint density at radius 1 is 0.758 bits per heavy atom. The summed E-state index contributed by atoms with van der Waals surface area (Å²) in [6, 6.07) is 10.2. The second kappa shape index (κ2) is 6.74. The molecule has 0 fully saturated rings. The molecule has 2 aromatic rings. The molecule has 1 aromatic heterocycles. The van der Waals surface area contributed by atoms with Crippen molar-refractivity contribution in [1.29, 1.82) is 0 Å². The zero-order valence-corrected chi connectivity index (χ0v) is 17.6. The Balaban J connectivity index is 1.57. The summed E-state index contributed by atoms with van der Waals surface area (Å²) in [5, 5.41) is 12.7. The standard InChI is InChI=1S/C28H18N4O/c33-26-11-16-3-1-2-4-23(16)27-25-10-9-21(31-25)13-19-6-5-17(29-19)12-18-7-8-20(30-18)14-22-15-24(26)28(27)32-22/h1-10,12-15,32-33H,11H2. The van der Waals surface area contributed by atoms with Crippen molar-refractivity contribution in [2.24, 2.45) is 15.0 Å². The third-order valence-electron chi connectivity index (χ3n) is 6.22. The molecule has 1 aromatic carbocycles. The molecule has 5 heteroatoms. The lowest BCUT2D eigenvalue weighted by Gasteiger charge is -2.10. The van der Waals surface area contributed by atoms with Crippen LogP contribution in [0.2, 0.25) is 0 Å². The molecule has 1 aliphatic carbocycles. The highest BCUT2D eigenvalue weighted by atomic mass is 16.3. The number of aliphatic hydroxyl groups excluding tert-OH is 1. The average molecular weight is 426 g/mol. The van der Waals surface area contributed by atoms with E-state index in [1.165, 1.54) is 0 Å². The van der Waals surface area contributed by atoms with Gasteiger partial charge in [0.15, 0.2) is 0 Å². The van der Waals surface area contributed by atoms with Crippen molar-refractivity contribution in [2.75, 3.05) is 0 Å². The van der Waals surface area contributed by atoms with Gasteiger partial charge in [0.25, 0.3) is 0 Å². The summed E-state index contributed by atoms with van der Waals surface area (Å²) in [7, 11) is 0. The van der Waals surface area contributed by atoms with Crippen molar-refractivity contribution < 1.29 is 5.11 Å². The van der Waals surface area contributed by atoms with Crippen LogP contribution in [-0.4, -0.2) is 27.2 Å². The fourth-order valence-corrected chi connectivity index (χ4v) is 4.74. The molecule has 0 saturated carbocycles. The molecule has 2 N–H and O–H groups in total. The fraction of sp³-hybridized carbons (Fsp3) is 0.0357. The van der Waals surface area contributed by atoms with Crippen LogP contribution in [0.5, 0.6) is 0 Å². The van der Waals surface area contributed by atoms with E-state index in [0.717, 1.165) is 67.2 Å². The summed E-state index contributed by atoms with van der Waals surface area (Å²) >= 11 is 0. The molecule has 0 radical (unpaired) electrons. The van der Waals surface area contributed by atoms with Gasteiger partial charge in [0.1, 0.15) is 5.76 Å². The highest BCUT2D eigenvalue weighted by molar-refractivity contribution is 6.30. The van der Waals surface area contributed by atoms with E-state index in [1.54, 1.807) is 0 Å². The first-order chi connectivity index (χ1) is 16.2. The molecule has 5 nitrogen and oxygen atoms in total. The number of H-pyrrole nitrogens is 1. The maximum Gasteiger partial charge on any atom is 0.106 e. The predicted octanol–water partition coefficient (Wildman–Crippen LogP) is 3.59. The first-order valence-corrected chi connectivity index (χ1v) is 10.9. The number of fused-ring (bicyclic) bond motifs is 7. The van der Waals surface area contributed by atoms with Crippen LogP contribution in [0.15, 0.2) is 111 Å². The number of allylic oxidation sites excluding steroid dienone is 8. The number of hydrogen-bond acceptors (Lipinski definition) is 4. The highest BCUT2D eigenvalue weighted by Gasteiger charge is 2.22. The van der Waals surface area contributed by atoms with Gasteiger partial charge in [0.05, 0.1) is 39.6 Å². The van der Waals surface area contributed by atoms with Crippen molar-refractivity contribution in [2.45, 2.75) is 6.42 Å². The molecule has 5 heterocycles. The first-order valence-electron chi connectivity index (χ1n) is 10.9. The van der Waals surface area contributed by atoms with Gasteiger partial charge in [-0.25, -0.2) is 15.0 Å². The SMILES string of the molecule is OC1=c2cc3[nH]c2=C(C2=NC(=CC4=NC(=CC5=NC(=C3)C=C5)C=C4)C=C2)c2ccccc2C1. The highest BCUT2D eigenvalue weighted by Crippen LogP contribution is 2.26. The number of nitrogens with one attached hydrogen (secondary N) is 1. The molecule has 33 heavy (non-hydrogen) atoms. The number of nitrogens with zero attached hydrogens (tertiary/aromatic N) is 3. The molecular formula is C28H18N4O. The van der Waals surface area contributed by atoms with Gasteiger partial charge < -0.3 is 10.1 Å². The Bertz CT molecular complexity index is 1680. The van der Waals surface area contributed by atoms with Crippen molar-refractivity contribution in [3.05, 3.63) is 123 Å².